The van der Waals surface area contributed by atoms with Gasteiger partial charge in [-0.25, -0.2) is 8.42 Å². The summed E-state index contributed by atoms with van der Waals surface area (Å²) >= 11 is 0. The second kappa shape index (κ2) is 5.28. The molecule has 1 aromatic carbocycles. The lowest BCUT2D eigenvalue weighted by Gasteiger charge is -2.09. The summed E-state index contributed by atoms with van der Waals surface area (Å²) in [6.07, 6.45) is 0.671. The Morgan fingerprint density at radius 3 is 2.27 bits per heavy atom. The Balaban J connectivity index is 2.61. The predicted molar refractivity (Wildman–Crippen MR) is 61.7 cm³/mol. The van der Waals surface area contributed by atoms with Crippen molar-refractivity contribution in [3.8, 4) is 0 Å². The molecule has 0 saturated carbocycles. The van der Waals surface area contributed by atoms with Crippen LogP contribution in [-0.4, -0.2) is 39.7 Å². The minimum atomic E-state index is -3.08. The average molecular weight is 227 g/mol. The predicted octanol–water partition coefficient (Wildman–Crippen LogP) is 1.41. The molecule has 0 bridgehead atoms. The minimum Gasteiger partial charge on any atom is -0.309 e. The highest BCUT2D eigenvalue weighted by Gasteiger charge is 2.12. The van der Waals surface area contributed by atoms with Crippen LogP contribution in [0.2, 0.25) is 0 Å². The lowest BCUT2D eigenvalue weighted by molar-refractivity contribution is 0.408. The van der Waals surface area contributed by atoms with Crippen molar-refractivity contribution in [2.45, 2.75) is 11.3 Å². The monoisotopic (exact) mass is 227 g/mol. The molecule has 0 N–H and O–H groups in total. The molecule has 0 heterocycles. The summed E-state index contributed by atoms with van der Waals surface area (Å²) in [5, 5.41) is 0. The summed E-state index contributed by atoms with van der Waals surface area (Å²) in [6, 6.07) is 8.60. The van der Waals surface area contributed by atoms with Gasteiger partial charge in [0.05, 0.1) is 10.6 Å². The van der Waals surface area contributed by atoms with Crippen LogP contribution in [0.5, 0.6) is 0 Å². The van der Waals surface area contributed by atoms with Gasteiger partial charge in [-0.05, 0) is 39.2 Å². The summed E-state index contributed by atoms with van der Waals surface area (Å²) in [6.45, 7) is 0.798. The van der Waals surface area contributed by atoms with Crippen LogP contribution in [0, 0.1) is 0 Å². The Labute approximate surface area is 91.6 Å². The van der Waals surface area contributed by atoms with Crippen LogP contribution in [0.15, 0.2) is 35.2 Å². The van der Waals surface area contributed by atoms with E-state index >= 15 is 0 Å². The van der Waals surface area contributed by atoms with Crippen molar-refractivity contribution in [1.82, 2.24) is 4.90 Å². The van der Waals surface area contributed by atoms with Crippen LogP contribution in [0.1, 0.15) is 6.42 Å². The van der Waals surface area contributed by atoms with Gasteiger partial charge in [-0.2, -0.15) is 0 Å². The van der Waals surface area contributed by atoms with Crippen molar-refractivity contribution in [2.75, 3.05) is 26.4 Å². The Morgan fingerprint density at radius 1 is 1.13 bits per heavy atom. The fourth-order valence-electron chi connectivity index (χ4n) is 1.32. The van der Waals surface area contributed by atoms with Gasteiger partial charge in [0.15, 0.2) is 9.84 Å². The van der Waals surface area contributed by atoms with E-state index in [4.69, 9.17) is 0 Å². The summed E-state index contributed by atoms with van der Waals surface area (Å²) in [7, 11) is 0.797. The molecule has 4 heteroatoms. The third-order valence-electron chi connectivity index (χ3n) is 2.12. The summed E-state index contributed by atoms with van der Waals surface area (Å²) in [5.41, 5.74) is 0. The second-order valence-electron chi connectivity index (χ2n) is 3.79. The highest BCUT2D eigenvalue weighted by molar-refractivity contribution is 7.91. The van der Waals surface area contributed by atoms with Gasteiger partial charge in [-0.1, -0.05) is 18.2 Å². The fourth-order valence-corrected chi connectivity index (χ4v) is 2.63. The van der Waals surface area contributed by atoms with Crippen LogP contribution in [0.3, 0.4) is 0 Å². The fraction of sp³-hybridized carbons (Fsp3) is 0.455. The van der Waals surface area contributed by atoms with Gasteiger partial charge in [0.2, 0.25) is 0 Å². The second-order valence-corrected chi connectivity index (χ2v) is 5.90. The first kappa shape index (κ1) is 12.2. The third kappa shape index (κ3) is 4.01. The number of nitrogens with zero attached hydrogens (tertiary/aromatic N) is 1. The van der Waals surface area contributed by atoms with Crippen molar-refractivity contribution in [3.05, 3.63) is 30.3 Å². The van der Waals surface area contributed by atoms with Crippen molar-refractivity contribution in [2.24, 2.45) is 0 Å². The van der Waals surface area contributed by atoms with E-state index in [9.17, 15) is 8.42 Å². The van der Waals surface area contributed by atoms with Crippen LogP contribution >= 0.6 is 0 Å². The molecule has 0 aliphatic rings. The van der Waals surface area contributed by atoms with Crippen LogP contribution < -0.4 is 0 Å². The summed E-state index contributed by atoms with van der Waals surface area (Å²) < 4.78 is 23.6. The van der Waals surface area contributed by atoms with E-state index in [0.717, 1.165) is 6.54 Å². The van der Waals surface area contributed by atoms with E-state index < -0.39 is 9.84 Å². The topological polar surface area (TPSA) is 37.4 Å². The molecule has 0 amide bonds. The summed E-state index contributed by atoms with van der Waals surface area (Å²) in [5.74, 6) is 0.217. The first-order chi connectivity index (χ1) is 7.02. The molecule has 0 radical (unpaired) electrons. The zero-order valence-electron chi connectivity index (χ0n) is 9.18. The zero-order valence-corrected chi connectivity index (χ0v) is 10.00. The number of rotatable bonds is 5. The number of sulfone groups is 1. The standard InChI is InChI=1S/C11H17NO2S/c1-12(2)9-6-10-15(13,14)11-7-4-3-5-8-11/h3-5,7-8H,6,9-10H2,1-2H3. The van der Waals surface area contributed by atoms with Crippen LogP contribution in [0.4, 0.5) is 0 Å². The van der Waals surface area contributed by atoms with Gasteiger partial charge in [0.25, 0.3) is 0 Å². The molecule has 0 aliphatic carbocycles. The normalized spacial score (nSPS) is 11.9. The first-order valence-electron chi connectivity index (χ1n) is 4.95. The van der Waals surface area contributed by atoms with Crippen molar-refractivity contribution < 1.29 is 8.42 Å². The van der Waals surface area contributed by atoms with Crippen LogP contribution in [-0.2, 0) is 9.84 Å². The van der Waals surface area contributed by atoms with Crippen molar-refractivity contribution in [1.29, 1.82) is 0 Å². The molecule has 0 fully saturated rings. The molecule has 1 aromatic rings. The molecular weight excluding hydrogens is 210 g/mol. The van der Waals surface area contributed by atoms with E-state index in [0.29, 0.717) is 11.3 Å². The average Bonchev–Trinajstić information content (AvgIpc) is 2.18. The van der Waals surface area contributed by atoms with E-state index in [-0.39, 0.29) is 5.75 Å². The number of hydrogen-bond donors (Lipinski definition) is 0. The van der Waals surface area contributed by atoms with Gasteiger partial charge in [-0.3, -0.25) is 0 Å². The lowest BCUT2D eigenvalue weighted by atomic mass is 10.4. The maximum atomic E-state index is 11.8. The molecule has 15 heavy (non-hydrogen) atoms. The molecule has 1 rings (SSSR count). The largest absolute Gasteiger partial charge is 0.309 e. The Kier molecular flexibility index (Phi) is 4.29. The third-order valence-corrected chi connectivity index (χ3v) is 3.94. The molecule has 0 atom stereocenters. The molecular formula is C11H17NO2S. The Hall–Kier alpha value is -0.870. The van der Waals surface area contributed by atoms with Gasteiger partial charge >= 0.3 is 0 Å². The van der Waals surface area contributed by atoms with Gasteiger partial charge in [0, 0.05) is 0 Å². The van der Waals surface area contributed by atoms with Crippen LogP contribution in [0.25, 0.3) is 0 Å². The van der Waals surface area contributed by atoms with E-state index in [1.54, 1.807) is 24.3 Å². The van der Waals surface area contributed by atoms with Crippen molar-refractivity contribution >= 4 is 9.84 Å². The highest BCUT2D eigenvalue weighted by atomic mass is 32.2. The van der Waals surface area contributed by atoms with Crippen molar-refractivity contribution in [3.63, 3.8) is 0 Å². The SMILES string of the molecule is CN(C)CCCS(=O)(=O)c1ccccc1. The van der Waals surface area contributed by atoms with Gasteiger partial charge in [-0.15, -0.1) is 0 Å². The quantitative estimate of drug-likeness (QED) is 0.763. The Morgan fingerprint density at radius 2 is 1.73 bits per heavy atom. The molecule has 3 nitrogen and oxygen atoms in total. The maximum Gasteiger partial charge on any atom is 0.178 e. The number of hydrogen-bond acceptors (Lipinski definition) is 3. The van der Waals surface area contributed by atoms with E-state index in [2.05, 4.69) is 0 Å². The van der Waals surface area contributed by atoms with E-state index in [1.807, 2.05) is 25.1 Å². The molecule has 84 valence electrons. The first-order valence-corrected chi connectivity index (χ1v) is 6.60. The zero-order chi connectivity index (χ0) is 11.3. The summed E-state index contributed by atoms with van der Waals surface area (Å²) in [4.78, 5) is 2.41. The molecule has 0 aliphatic heterocycles. The number of benzene rings is 1. The molecule has 0 spiro atoms. The lowest BCUT2D eigenvalue weighted by Crippen LogP contribution is -2.17. The van der Waals surface area contributed by atoms with E-state index in [1.165, 1.54) is 0 Å². The maximum absolute atomic E-state index is 11.8. The van der Waals surface area contributed by atoms with Gasteiger partial charge in [0.1, 0.15) is 0 Å². The minimum absolute atomic E-state index is 0.217. The smallest absolute Gasteiger partial charge is 0.178 e. The Bertz CT molecular complexity index is 384. The molecule has 0 saturated heterocycles. The van der Waals surface area contributed by atoms with Gasteiger partial charge < -0.3 is 4.90 Å². The molecule has 0 aromatic heterocycles. The highest BCUT2D eigenvalue weighted by Crippen LogP contribution is 2.10. The molecule has 0 unspecified atom stereocenters.